The van der Waals surface area contributed by atoms with E-state index in [0.717, 1.165) is 72.8 Å². The molecule has 9 unspecified atom stereocenters. The van der Waals surface area contributed by atoms with Crippen molar-refractivity contribution in [2.45, 2.75) is 225 Å². The van der Waals surface area contributed by atoms with Crippen LogP contribution in [-0.4, -0.2) is 320 Å². The number of phenols is 3. The number of fused-ring (bicyclic) bond motifs is 15. The number of benzene rings is 5. The van der Waals surface area contributed by atoms with Crippen LogP contribution in [0.15, 0.2) is 78.9 Å². The van der Waals surface area contributed by atoms with E-state index in [0.29, 0.717) is 0 Å². The van der Waals surface area contributed by atoms with Crippen molar-refractivity contribution in [3.63, 3.8) is 0 Å². The fourth-order valence-corrected chi connectivity index (χ4v) is 16.0. The average Bonchev–Trinajstić information content (AvgIpc) is 0.761. The SMILES string of the molecule is CCN[C@](C)(C[C@@H](O)OC1C(O)[C@@H](O)[C@@H](CO)O[C@@H]1Oc1c2cc3cc1Oc1ccc(cc1Cl)[C@@H](O)[C@@H](NC(=O)[C@@H](CC(C)C)NC)C(=O)N[C@@H](CC(N)=O)C(=O)N[C@H]3C(=O)N[C@H]1C(=O)N[C@H](C(=O)N[C@H](C(=O)NCCCNC(=O)C(O)C(O)[C@H](OC3OC(CO)C(O)C(O)C3O)[C@H](O)CO)c3cc(O)cc(O)c3-c3cc1ccc3O)[C@H](O)c1ccc(c(Cl)c1)O2)[C@H](O)CC. The maximum atomic E-state index is 16.3. The van der Waals surface area contributed by atoms with Gasteiger partial charge in [-0.15, -0.1) is 0 Å². The second kappa shape index (κ2) is 44.4. The highest BCUT2D eigenvalue weighted by atomic mass is 35.5. The smallest absolute Gasteiger partial charge is 0.251 e. The molecule has 5 aromatic rings. The summed E-state index contributed by atoms with van der Waals surface area (Å²) in [4.78, 5) is 134. The Hall–Kier alpha value is -10.1. The molecule has 7 heterocycles. The minimum Gasteiger partial charge on any atom is -0.508 e. The number of rotatable bonds is 31. The number of likely N-dealkylation sites (N-methyl/N-ethyl adjacent to an activating group) is 2. The van der Waals surface area contributed by atoms with Gasteiger partial charge >= 0.3 is 0 Å². The molecule has 47 heteroatoms. The molecule has 714 valence electrons. The summed E-state index contributed by atoms with van der Waals surface area (Å²) in [5, 5.41) is 226. The summed E-state index contributed by atoms with van der Waals surface area (Å²) in [6, 6.07) is -1.68. The zero-order valence-corrected chi connectivity index (χ0v) is 72.2. The van der Waals surface area contributed by atoms with E-state index in [1.165, 1.54) is 13.1 Å². The molecule has 7 aliphatic rings. The summed E-state index contributed by atoms with van der Waals surface area (Å²) in [6.07, 6.45) is -38.3. The van der Waals surface area contributed by atoms with Crippen LogP contribution in [0.1, 0.15) is 125 Å². The molecule has 45 nitrogen and oxygen atoms in total. The van der Waals surface area contributed by atoms with E-state index in [1.807, 2.05) is 0 Å². The first-order valence-electron chi connectivity index (χ1n) is 41.4. The van der Waals surface area contributed by atoms with Crippen molar-refractivity contribution in [2.75, 3.05) is 46.5 Å². The molecule has 11 bridgehead atoms. The normalized spacial score (nSPS) is 27.5. The number of primary amides is 1. The van der Waals surface area contributed by atoms with Crippen LogP contribution in [0.2, 0.25) is 10.0 Å². The number of halogens is 2. The fraction of sp³-hybridized carbons (Fsp3) is 0.530. The first-order valence-corrected chi connectivity index (χ1v) is 42.1. The van der Waals surface area contributed by atoms with Crippen molar-refractivity contribution in [2.24, 2.45) is 11.7 Å². The number of ether oxygens (including phenoxy) is 7. The van der Waals surface area contributed by atoms with Gasteiger partial charge in [0.1, 0.15) is 138 Å². The Balaban J connectivity index is 1.11. The summed E-state index contributed by atoms with van der Waals surface area (Å²) in [5.41, 5.74) is 1.22. The number of hydrogen-bond donors (Lipinski definition) is 29. The van der Waals surface area contributed by atoms with Crippen molar-refractivity contribution >= 4 is 76.4 Å². The number of aromatic hydroxyl groups is 3. The Morgan fingerprint density at radius 3 is 1.78 bits per heavy atom. The lowest BCUT2D eigenvalue weighted by molar-refractivity contribution is -0.326. The van der Waals surface area contributed by atoms with Crippen LogP contribution >= 0.6 is 23.2 Å². The van der Waals surface area contributed by atoms with E-state index < -0.39 is 341 Å². The molecule has 0 aliphatic carbocycles. The number of nitrogens with two attached hydrogens (primary N) is 1. The maximum absolute atomic E-state index is 16.3. The zero-order chi connectivity index (χ0) is 95.5. The maximum Gasteiger partial charge on any atom is 0.251 e. The van der Waals surface area contributed by atoms with Gasteiger partial charge in [0.25, 0.3) is 5.91 Å². The van der Waals surface area contributed by atoms with Crippen LogP contribution in [0.5, 0.6) is 46.0 Å². The lowest BCUT2D eigenvalue weighted by atomic mass is 9.88. The number of carbonyl (C=O) groups is 9. The largest absolute Gasteiger partial charge is 0.508 e. The molecule has 2 saturated heterocycles. The second-order valence-electron chi connectivity index (χ2n) is 32.4. The predicted octanol–water partition coefficient (Wildman–Crippen LogP) is -5.46. The second-order valence-corrected chi connectivity index (χ2v) is 33.2. The number of phenolic OH excluding ortho intramolecular Hbond substituents is 3. The van der Waals surface area contributed by atoms with Gasteiger partial charge in [-0.25, -0.2) is 0 Å². The van der Waals surface area contributed by atoms with Gasteiger partial charge in [0.05, 0.1) is 48.4 Å². The molecule has 130 heavy (non-hydrogen) atoms. The molecule has 0 radical (unpaired) electrons. The van der Waals surface area contributed by atoms with Crippen molar-refractivity contribution in [3.8, 4) is 57.1 Å². The lowest BCUT2D eigenvalue weighted by Gasteiger charge is -2.43. The van der Waals surface area contributed by atoms with Crippen LogP contribution < -0.4 is 73.1 Å². The Morgan fingerprint density at radius 1 is 0.615 bits per heavy atom. The first kappa shape index (κ1) is 102. The van der Waals surface area contributed by atoms with Crippen molar-refractivity contribution in [3.05, 3.63) is 117 Å². The fourth-order valence-electron chi connectivity index (χ4n) is 15.5. The van der Waals surface area contributed by atoms with Crippen LogP contribution in [0.25, 0.3) is 11.1 Å². The number of hydrogen-bond acceptors (Lipinski definition) is 36. The zero-order valence-electron chi connectivity index (χ0n) is 70.7. The third-order valence-electron chi connectivity index (χ3n) is 22.6. The topological polar surface area (TPSA) is 729 Å². The summed E-state index contributed by atoms with van der Waals surface area (Å²) in [6.45, 7) is 4.61. The third-order valence-corrected chi connectivity index (χ3v) is 23.2. The summed E-state index contributed by atoms with van der Waals surface area (Å²) < 4.78 is 42.9. The van der Waals surface area contributed by atoms with Crippen molar-refractivity contribution in [1.82, 2.24) is 53.2 Å². The molecule has 5 aromatic carbocycles. The molecule has 7 aliphatic heterocycles. The molecular weight excluding hydrogens is 1770 g/mol. The molecule has 30 N–H and O–H groups in total. The van der Waals surface area contributed by atoms with E-state index in [4.69, 9.17) is 62.1 Å². The third kappa shape index (κ3) is 23.5. The van der Waals surface area contributed by atoms with E-state index in [-0.39, 0.29) is 42.9 Å². The van der Waals surface area contributed by atoms with Gasteiger partial charge in [0, 0.05) is 42.2 Å². The van der Waals surface area contributed by atoms with E-state index >= 15 is 28.8 Å². The standard InChI is InChI=1S/C83H109Cl2N11O34/c1-7-52(104)83(5,90-8-2)27-54(106)128-72-66(112)64(110)51(30-99)127-82(72)130-71-48-22-35-23-49(71)125-47-15-12-34(21-40(47)85)62(108)60-79(122)94-58(75(118)88-16-9-17-89-80(123)68(114)67(113)70(45(103)28-97)129-81-69(115)65(111)63(109)50(29-98)126-81)38-24-36(100)25-44(102)55(38)37-19-32(10-13-43(37)101)56(76(119)96-60)93-77(120)57(35)92-74(117)42(26-53(86)105)91-78(121)59(95-73(116)41(87-6)18-31(3)4)61(107)33-11-14-46(124-48)39(84)20-33/h10-15,19-25,31,41-42,45,50-52,54,56-70,72,81-82,87,90,97-104,106-115H,7-9,16-18,26-30H2,1-6H3,(H2,86,105)(H,88,118)(H,89,123)(H,91,121)(H,92,117)(H,93,120)(H,94,122)(H,95,116)(H,96,119)/t41-,42+,45-,50?,51-,52-,54+,56-,57-,58+,59-,60+,61-,62-,63?,64+,65?,66?,67?,68?,69?,70-,72?,81?,82-,83-/m1/s1. The van der Waals surface area contributed by atoms with Gasteiger partial charge in [-0.1, -0.05) is 69.1 Å². The Bertz CT molecular complexity index is 4890. The Labute approximate surface area is 751 Å². The lowest BCUT2D eigenvalue weighted by Crippen LogP contribution is -2.62. The van der Waals surface area contributed by atoms with Gasteiger partial charge in [0.2, 0.25) is 59.3 Å². The summed E-state index contributed by atoms with van der Waals surface area (Å²) in [5.74, 6) is -17.9. The highest BCUT2D eigenvalue weighted by molar-refractivity contribution is 6.32. The van der Waals surface area contributed by atoms with Crippen LogP contribution in [0, 0.1) is 5.92 Å². The highest BCUT2D eigenvalue weighted by Crippen LogP contribution is 2.50. The van der Waals surface area contributed by atoms with Crippen molar-refractivity contribution in [1.29, 1.82) is 0 Å². The molecular formula is C83H109Cl2N11O34. The van der Waals surface area contributed by atoms with Crippen LogP contribution in [0.3, 0.4) is 0 Å². The Kier molecular flexibility index (Phi) is 34.8. The van der Waals surface area contributed by atoms with E-state index in [1.54, 1.807) is 34.6 Å². The highest BCUT2D eigenvalue weighted by Gasteiger charge is 2.52. The van der Waals surface area contributed by atoms with Crippen LogP contribution in [0.4, 0.5) is 0 Å². The van der Waals surface area contributed by atoms with Gasteiger partial charge in [-0.05, 0) is 128 Å². The number of carbonyl (C=O) groups excluding carboxylic acids is 9. The number of nitrogens with one attached hydrogen (secondary N) is 10. The number of amides is 9. The van der Waals surface area contributed by atoms with Gasteiger partial charge in [-0.2, -0.15) is 0 Å². The molecule has 0 aromatic heterocycles. The van der Waals surface area contributed by atoms with E-state index in [9.17, 15) is 106 Å². The molecule has 2 fully saturated rings. The number of aliphatic hydroxyl groups excluding tert-OH is 15. The van der Waals surface area contributed by atoms with Gasteiger partial charge in [-0.3, -0.25) is 43.2 Å². The first-order chi connectivity index (χ1) is 61.5. The summed E-state index contributed by atoms with van der Waals surface area (Å²) in [7, 11) is 1.45. The predicted molar refractivity (Wildman–Crippen MR) is 447 cm³/mol. The molecule has 26 atom stereocenters. The minimum absolute atomic E-state index is 0.142. The Morgan fingerprint density at radius 2 is 1.20 bits per heavy atom. The molecule has 0 spiro atoms. The molecule has 9 amide bonds. The molecule has 0 saturated carbocycles. The van der Waals surface area contributed by atoms with Crippen molar-refractivity contribution < 1.29 is 168 Å². The van der Waals surface area contributed by atoms with Gasteiger partial charge in [0.15, 0.2) is 36.3 Å². The van der Waals surface area contributed by atoms with E-state index in [2.05, 4.69) is 53.2 Å². The minimum atomic E-state index is -2.54. The number of aliphatic hydroxyl groups is 15. The molecule has 12 rings (SSSR count). The quantitative estimate of drug-likeness (QED) is 0.0145. The van der Waals surface area contributed by atoms with Gasteiger partial charge < -0.3 is 184 Å². The monoisotopic (exact) mass is 1870 g/mol. The summed E-state index contributed by atoms with van der Waals surface area (Å²) >= 11 is 14.3. The average molecular weight is 1880 g/mol. The van der Waals surface area contributed by atoms with Crippen LogP contribution in [-0.2, 0) is 62.1 Å².